The molecule has 0 spiro atoms. The molecule has 0 amide bonds. The normalized spacial score (nSPS) is 24.4. The number of ether oxygens (including phenoxy) is 1. The summed E-state index contributed by atoms with van der Waals surface area (Å²) in [6.07, 6.45) is -0.227. The summed E-state index contributed by atoms with van der Waals surface area (Å²) in [6, 6.07) is 3.68. The average molecular weight is 268 g/mol. The smallest absolute Gasteiger partial charge is 0.491 e. The Morgan fingerprint density at radius 1 is 1.50 bits per heavy atom. The number of hydrogen-bond donors (Lipinski definition) is 1. The van der Waals surface area contributed by atoms with Gasteiger partial charge in [0.2, 0.25) is 0 Å². The van der Waals surface area contributed by atoms with E-state index in [9.17, 15) is 0 Å². The third-order valence-corrected chi connectivity index (χ3v) is 3.58. The highest BCUT2D eigenvalue weighted by Crippen LogP contribution is 2.36. The molecule has 2 aliphatic rings. The zero-order valence-electron chi connectivity index (χ0n) is 10.4. The molecule has 2 heterocycles. The van der Waals surface area contributed by atoms with Gasteiger partial charge in [0.25, 0.3) is 0 Å². The molecule has 18 heavy (non-hydrogen) atoms. The van der Waals surface area contributed by atoms with Crippen molar-refractivity contribution in [3.05, 3.63) is 22.7 Å². The van der Waals surface area contributed by atoms with Crippen molar-refractivity contribution in [2.75, 3.05) is 13.2 Å². The number of hydrogen-bond acceptors (Lipinski definition) is 4. The van der Waals surface area contributed by atoms with Crippen LogP contribution in [0.5, 0.6) is 5.75 Å². The minimum absolute atomic E-state index is 0.227. The maximum atomic E-state index is 6.24. The van der Waals surface area contributed by atoms with Crippen LogP contribution in [-0.2, 0) is 9.31 Å². The molecule has 0 saturated heterocycles. The highest BCUT2D eigenvalue weighted by Gasteiger charge is 2.46. The van der Waals surface area contributed by atoms with Gasteiger partial charge in [0, 0.05) is 22.6 Å². The van der Waals surface area contributed by atoms with E-state index in [1.165, 1.54) is 0 Å². The maximum absolute atomic E-state index is 6.24. The molecule has 96 valence electrons. The SMILES string of the molecule is CC1(C)COc2ccc(Cl)c3c2B(O[C@@H]3CN)O1. The molecule has 0 unspecified atom stereocenters. The summed E-state index contributed by atoms with van der Waals surface area (Å²) < 4.78 is 17.6. The number of halogens is 1. The Kier molecular flexibility index (Phi) is 2.82. The van der Waals surface area contributed by atoms with Crippen molar-refractivity contribution in [3.8, 4) is 5.75 Å². The van der Waals surface area contributed by atoms with Crippen LogP contribution < -0.4 is 15.9 Å². The van der Waals surface area contributed by atoms with Crippen molar-refractivity contribution in [1.29, 1.82) is 0 Å². The van der Waals surface area contributed by atoms with Crippen LogP contribution in [0, 0.1) is 0 Å². The minimum atomic E-state index is -0.445. The third-order valence-electron chi connectivity index (χ3n) is 3.25. The van der Waals surface area contributed by atoms with Crippen LogP contribution in [0.4, 0.5) is 0 Å². The van der Waals surface area contributed by atoms with Crippen molar-refractivity contribution < 1.29 is 14.0 Å². The first kappa shape index (κ1) is 12.3. The Morgan fingerprint density at radius 3 is 3.00 bits per heavy atom. The third kappa shape index (κ3) is 1.82. The summed E-state index contributed by atoms with van der Waals surface area (Å²) >= 11 is 6.24. The van der Waals surface area contributed by atoms with E-state index in [1.807, 2.05) is 26.0 Å². The van der Waals surface area contributed by atoms with Crippen LogP contribution in [-0.4, -0.2) is 25.9 Å². The largest absolute Gasteiger partial charge is 0.499 e. The summed E-state index contributed by atoms with van der Waals surface area (Å²) in [5.74, 6) is 0.779. The number of rotatable bonds is 1. The standard InChI is InChI=1S/C12H15BClNO3/c1-12(2)6-16-8-4-3-7(14)10-9(5-15)17-13(18-12)11(8)10/h3-4,9H,5-6,15H2,1-2H3/t9-/m1/s1. The van der Waals surface area contributed by atoms with Gasteiger partial charge in [-0.3, -0.25) is 0 Å². The second-order valence-electron chi connectivity index (χ2n) is 5.23. The van der Waals surface area contributed by atoms with E-state index in [-0.39, 0.29) is 6.10 Å². The van der Waals surface area contributed by atoms with Gasteiger partial charge in [-0.15, -0.1) is 0 Å². The molecule has 4 nitrogen and oxygen atoms in total. The molecular formula is C12H15BClNO3. The molecule has 3 rings (SSSR count). The molecule has 0 bridgehead atoms. The lowest BCUT2D eigenvalue weighted by atomic mass is 9.77. The molecule has 1 aromatic carbocycles. The molecule has 0 aliphatic carbocycles. The van der Waals surface area contributed by atoms with E-state index in [2.05, 4.69) is 0 Å². The quantitative estimate of drug-likeness (QED) is 0.778. The van der Waals surface area contributed by atoms with E-state index in [0.717, 1.165) is 16.8 Å². The fourth-order valence-corrected chi connectivity index (χ4v) is 2.69. The van der Waals surface area contributed by atoms with Gasteiger partial charge >= 0.3 is 7.12 Å². The van der Waals surface area contributed by atoms with E-state index in [0.29, 0.717) is 18.2 Å². The fourth-order valence-electron chi connectivity index (χ4n) is 2.41. The lowest BCUT2D eigenvalue weighted by Gasteiger charge is -2.25. The van der Waals surface area contributed by atoms with Gasteiger partial charge in [-0.25, -0.2) is 0 Å². The predicted octanol–water partition coefficient (Wildman–Crippen LogP) is 1.25. The van der Waals surface area contributed by atoms with Gasteiger partial charge in [0.15, 0.2) is 0 Å². The van der Waals surface area contributed by atoms with Crippen LogP contribution in [0.3, 0.4) is 0 Å². The molecule has 2 N–H and O–H groups in total. The van der Waals surface area contributed by atoms with Crippen LogP contribution in [0.2, 0.25) is 5.02 Å². The molecular weight excluding hydrogens is 252 g/mol. The van der Waals surface area contributed by atoms with Crippen molar-refractivity contribution in [3.63, 3.8) is 0 Å². The summed E-state index contributed by atoms with van der Waals surface area (Å²) in [5.41, 5.74) is 7.12. The molecule has 6 heteroatoms. The van der Waals surface area contributed by atoms with Gasteiger partial charge < -0.3 is 19.8 Å². The van der Waals surface area contributed by atoms with Gasteiger partial charge in [-0.1, -0.05) is 11.6 Å². The van der Waals surface area contributed by atoms with Crippen molar-refractivity contribution in [1.82, 2.24) is 0 Å². The first-order valence-electron chi connectivity index (χ1n) is 6.00. The topological polar surface area (TPSA) is 53.7 Å². The zero-order chi connectivity index (χ0) is 12.9. The van der Waals surface area contributed by atoms with Gasteiger partial charge in [0.1, 0.15) is 12.4 Å². The molecule has 0 fully saturated rings. The van der Waals surface area contributed by atoms with E-state index in [1.54, 1.807) is 0 Å². The minimum Gasteiger partial charge on any atom is -0.491 e. The maximum Gasteiger partial charge on any atom is 0.499 e. The summed E-state index contributed by atoms with van der Waals surface area (Å²) in [5, 5.41) is 0.651. The monoisotopic (exact) mass is 267 g/mol. The predicted molar refractivity (Wildman–Crippen MR) is 70.4 cm³/mol. The van der Waals surface area contributed by atoms with Crippen LogP contribution in [0.15, 0.2) is 12.1 Å². The second-order valence-corrected chi connectivity index (χ2v) is 5.64. The molecule has 1 aromatic rings. The van der Waals surface area contributed by atoms with Crippen LogP contribution >= 0.6 is 11.6 Å². The van der Waals surface area contributed by atoms with E-state index in [4.69, 9.17) is 31.4 Å². The lowest BCUT2D eigenvalue weighted by Crippen LogP contribution is -2.40. The second kappa shape index (κ2) is 4.13. The molecule has 0 radical (unpaired) electrons. The Balaban J connectivity index is 2.13. The zero-order valence-corrected chi connectivity index (χ0v) is 11.2. The Labute approximate surface area is 111 Å². The van der Waals surface area contributed by atoms with Crippen molar-refractivity contribution >= 4 is 24.2 Å². The summed E-state index contributed by atoms with van der Waals surface area (Å²) in [6.45, 7) is 4.79. The first-order chi connectivity index (χ1) is 8.52. The Bertz CT molecular complexity index is 494. The molecule has 0 aromatic heterocycles. The first-order valence-corrected chi connectivity index (χ1v) is 6.38. The molecule has 1 atom stereocenters. The van der Waals surface area contributed by atoms with Crippen LogP contribution in [0.1, 0.15) is 25.5 Å². The van der Waals surface area contributed by atoms with Gasteiger partial charge in [0.05, 0.1) is 11.7 Å². The Morgan fingerprint density at radius 2 is 2.28 bits per heavy atom. The fraction of sp³-hybridized carbons (Fsp3) is 0.500. The van der Waals surface area contributed by atoms with Crippen molar-refractivity contribution in [2.45, 2.75) is 25.6 Å². The molecule has 2 aliphatic heterocycles. The lowest BCUT2D eigenvalue weighted by molar-refractivity contribution is 0.0282. The van der Waals surface area contributed by atoms with E-state index >= 15 is 0 Å². The average Bonchev–Trinajstić information content (AvgIpc) is 2.61. The molecule has 0 saturated carbocycles. The Hall–Kier alpha value is -0.745. The van der Waals surface area contributed by atoms with Crippen LogP contribution in [0.25, 0.3) is 0 Å². The highest BCUT2D eigenvalue weighted by atomic mass is 35.5. The summed E-state index contributed by atoms with van der Waals surface area (Å²) in [7, 11) is -0.445. The number of benzene rings is 1. The van der Waals surface area contributed by atoms with Crippen molar-refractivity contribution in [2.24, 2.45) is 5.73 Å². The van der Waals surface area contributed by atoms with E-state index < -0.39 is 12.7 Å². The van der Waals surface area contributed by atoms with Gasteiger partial charge in [-0.05, 0) is 26.0 Å². The van der Waals surface area contributed by atoms with Gasteiger partial charge in [-0.2, -0.15) is 0 Å². The summed E-state index contributed by atoms with van der Waals surface area (Å²) in [4.78, 5) is 0. The highest BCUT2D eigenvalue weighted by molar-refractivity contribution is 6.65. The number of nitrogens with two attached hydrogens (primary N) is 1.